The molecule has 0 bridgehead atoms. The van der Waals surface area contributed by atoms with Gasteiger partial charge in [0.05, 0.1) is 0 Å². The molecule has 0 atom stereocenters. The number of hydrogen-bond donors (Lipinski definition) is 2. The molecule has 1 saturated heterocycles. The molecule has 5 heteroatoms. The smallest absolute Gasteiger partial charge is 0.293 e. The van der Waals surface area contributed by atoms with Crippen molar-refractivity contribution in [2.75, 3.05) is 13.1 Å². The van der Waals surface area contributed by atoms with Gasteiger partial charge in [-0.25, -0.2) is 0 Å². The Morgan fingerprint density at radius 3 is 2.19 bits per heavy atom. The van der Waals surface area contributed by atoms with Crippen molar-refractivity contribution in [1.82, 2.24) is 5.32 Å². The highest BCUT2D eigenvalue weighted by molar-refractivity contribution is 5.37. The van der Waals surface area contributed by atoms with Gasteiger partial charge in [-0.3, -0.25) is 4.79 Å². The lowest BCUT2D eigenvalue weighted by Gasteiger charge is -2.23. The molecule has 2 N–H and O–H groups in total. The van der Waals surface area contributed by atoms with Gasteiger partial charge in [0.2, 0.25) is 0 Å². The quantitative estimate of drug-likeness (QED) is 0.839. The van der Waals surface area contributed by atoms with E-state index in [9.17, 15) is 4.79 Å². The average Bonchev–Trinajstić information content (AvgIpc) is 2.42. The molecule has 0 saturated carbocycles. The Hall–Kier alpha value is -1.75. The SMILES string of the molecule is CC(C)(C)OC=O.Oc1ccc(OC2CCNCC2)cc1. The summed E-state index contributed by atoms with van der Waals surface area (Å²) >= 11 is 0. The number of phenolic OH excluding ortho intramolecular Hbond substituents is 1. The minimum absolute atomic E-state index is 0.280. The molecule has 0 amide bonds. The molecule has 0 spiro atoms. The van der Waals surface area contributed by atoms with Crippen molar-refractivity contribution in [3.8, 4) is 11.5 Å². The molecule has 1 aromatic rings. The number of benzene rings is 1. The number of aromatic hydroxyl groups is 1. The molecular formula is C16H25NO4. The second-order valence-electron chi connectivity index (χ2n) is 5.89. The molecule has 1 aliphatic heterocycles. The van der Waals surface area contributed by atoms with Crippen LogP contribution in [0.4, 0.5) is 0 Å². The second-order valence-corrected chi connectivity index (χ2v) is 5.89. The van der Waals surface area contributed by atoms with Gasteiger partial charge in [-0.2, -0.15) is 0 Å². The normalized spacial score (nSPS) is 15.6. The van der Waals surface area contributed by atoms with Crippen LogP contribution in [0.5, 0.6) is 11.5 Å². The van der Waals surface area contributed by atoms with E-state index < -0.39 is 0 Å². The molecule has 1 aliphatic rings. The molecule has 2 rings (SSSR count). The molecule has 0 aliphatic carbocycles. The summed E-state index contributed by atoms with van der Waals surface area (Å²) < 4.78 is 10.3. The number of hydrogen-bond acceptors (Lipinski definition) is 5. The fraction of sp³-hybridized carbons (Fsp3) is 0.562. The minimum Gasteiger partial charge on any atom is -0.508 e. The van der Waals surface area contributed by atoms with Gasteiger partial charge in [-0.05, 0) is 71.0 Å². The Morgan fingerprint density at radius 2 is 1.76 bits per heavy atom. The second kappa shape index (κ2) is 8.52. The lowest BCUT2D eigenvalue weighted by molar-refractivity contribution is -0.138. The van der Waals surface area contributed by atoms with E-state index in [1.807, 2.05) is 20.8 Å². The highest BCUT2D eigenvalue weighted by atomic mass is 16.5. The van der Waals surface area contributed by atoms with Gasteiger partial charge in [0, 0.05) is 0 Å². The predicted octanol–water partition coefficient (Wildman–Crippen LogP) is 2.48. The zero-order chi connectivity index (χ0) is 15.7. The van der Waals surface area contributed by atoms with Crippen LogP contribution >= 0.6 is 0 Å². The lowest BCUT2D eigenvalue weighted by Crippen LogP contribution is -2.34. The van der Waals surface area contributed by atoms with E-state index >= 15 is 0 Å². The van der Waals surface area contributed by atoms with Crippen LogP contribution in [0.2, 0.25) is 0 Å². The summed E-state index contributed by atoms with van der Waals surface area (Å²) in [7, 11) is 0. The average molecular weight is 295 g/mol. The van der Waals surface area contributed by atoms with Crippen LogP contribution in [0.15, 0.2) is 24.3 Å². The number of ether oxygens (including phenoxy) is 2. The number of rotatable bonds is 3. The van der Waals surface area contributed by atoms with Crippen molar-refractivity contribution >= 4 is 6.47 Å². The largest absolute Gasteiger partial charge is 0.508 e. The molecule has 1 fully saturated rings. The third-order valence-electron chi connectivity index (χ3n) is 2.83. The van der Waals surface area contributed by atoms with Crippen LogP contribution in [0.1, 0.15) is 33.6 Å². The standard InChI is InChI=1S/C11H15NO2.C5H10O2/c13-9-1-3-10(4-2-9)14-11-5-7-12-8-6-11;1-5(2,3)7-4-6/h1-4,11-13H,5-8H2;4H,1-3H3. The van der Waals surface area contributed by atoms with E-state index in [2.05, 4.69) is 10.1 Å². The van der Waals surface area contributed by atoms with Crippen LogP contribution in [0.3, 0.4) is 0 Å². The number of nitrogens with one attached hydrogen (secondary N) is 1. The minimum atomic E-state index is -0.318. The maximum atomic E-state index is 9.60. The highest BCUT2D eigenvalue weighted by Crippen LogP contribution is 2.19. The maximum Gasteiger partial charge on any atom is 0.293 e. The van der Waals surface area contributed by atoms with Gasteiger partial charge < -0.3 is 19.9 Å². The van der Waals surface area contributed by atoms with Crippen molar-refractivity contribution in [3.63, 3.8) is 0 Å². The first-order valence-electron chi connectivity index (χ1n) is 7.18. The van der Waals surface area contributed by atoms with E-state index in [4.69, 9.17) is 9.84 Å². The fourth-order valence-electron chi connectivity index (χ4n) is 1.77. The molecule has 1 aromatic carbocycles. The summed E-state index contributed by atoms with van der Waals surface area (Å²) in [6, 6.07) is 6.90. The van der Waals surface area contributed by atoms with Crippen molar-refractivity contribution in [1.29, 1.82) is 0 Å². The van der Waals surface area contributed by atoms with Crippen molar-refractivity contribution in [2.24, 2.45) is 0 Å². The molecule has 0 aromatic heterocycles. The Bertz CT molecular complexity index is 405. The maximum absolute atomic E-state index is 9.60. The Kier molecular flexibility index (Phi) is 7.02. The van der Waals surface area contributed by atoms with Gasteiger partial charge in [-0.1, -0.05) is 0 Å². The van der Waals surface area contributed by atoms with Gasteiger partial charge in [0.25, 0.3) is 6.47 Å². The topological polar surface area (TPSA) is 67.8 Å². The van der Waals surface area contributed by atoms with Gasteiger partial charge in [-0.15, -0.1) is 0 Å². The summed E-state index contributed by atoms with van der Waals surface area (Å²) in [5.41, 5.74) is -0.318. The number of piperidine rings is 1. The highest BCUT2D eigenvalue weighted by Gasteiger charge is 2.13. The summed E-state index contributed by atoms with van der Waals surface area (Å²) in [5, 5.41) is 12.4. The van der Waals surface area contributed by atoms with Crippen molar-refractivity contribution in [2.45, 2.75) is 45.3 Å². The van der Waals surface area contributed by atoms with E-state index in [0.29, 0.717) is 12.6 Å². The van der Waals surface area contributed by atoms with Crippen LogP contribution in [0, 0.1) is 0 Å². The van der Waals surface area contributed by atoms with Crippen molar-refractivity contribution in [3.05, 3.63) is 24.3 Å². The molecule has 5 nitrogen and oxygen atoms in total. The van der Waals surface area contributed by atoms with Gasteiger partial charge >= 0.3 is 0 Å². The monoisotopic (exact) mass is 295 g/mol. The first-order chi connectivity index (χ1) is 9.90. The molecule has 0 unspecified atom stereocenters. The van der Waals surface area contributed by atoms with Crippen LogP contribution in [0.25, 0.3) is 0 Å². The molecule has 21 heavy (non-hydrogen) atoms. The van der Waals surface area contributed by atoms with Crippen molar-refractivity contribution < 1.29 is 19.4 Å². The molecular weight excluding hydrogens is 270 g/mol. The van der Waals surface area contributed by atoms with E-state index in [-0.39, 0.29) is 11.4 Å². The number of phenols is 1. The van der Waals surface area contributed by atoms with Crippen LogP contribution in [-0.2, 0) is 9.53 Å². The summed E-state index contributed by atoms with van der Waals surface area (Å²) in [4.78, 5) is 9.60. The van der Waals surface area contributed by atoms with E-state index in [1.165, 1.54) is 0 Å². The summed E-state index contributed by atoms with van der Waals surface area (Å²) in [6.45, 7) is 7.98. The fourth-order valence-corrected chi connectivity index (χ4v) is 1.77. The Labute approximate surface area is 126 Å². The van der Waals surface area contributed by atoms with Gasteiger partial charge in [0.1, 0.15) is 23.2 Å². The molecule has 118 valence electrons. The zero-order valence-electron chi connectivity index (χ0n) is 13.0. The zero-order valence-corrected chi connectivity index (χ0v) is 13.0. The number of carbonyl (C=O) groups excluding carboxylic acids is 1. The Morgan fingerprint density at radius 1 is 1.19 bits per heavy atom. The third-order valence-corrected chi connectivity index (χ3v) is 2.83. The Balaban J connectivity index is 0.000000270. The van der Waals surface area contributed by atoms with Gasteiger partial charge in [0.15, 0.2) is 0 Å². The van der Waals surface area contributed by atoms with E-state index in [0.717, 1.165) is 31.7 Å². The number of carbonyl (C=O) groups is 1. The van der Waals surface area contributed by atoms with Crippen LogP contribution < -0.4 is 10.1 Å². The predicted molar refractivity (Wildman–Crippen MR) is 81.5 cm³/mol. The summed E-state index contributed by atoms with van der Waals surface area (Å²) in [5.74, 6) is 1.12. The first kappa shape index (κ1) is 17.3. The first-order valence-corrected chi connectivity index (χ1v) is 7.18. The molecule has 1 heterocycles. The third kappa shape index (κ3) is 8.19. The summed E-state index contributed by atoms with van der Waals surface area (Å²) in [6.07, 6.45) is 2.43. The van der Waals surface area contributed by atoms with Crippen LogP contribution in [-0.4, -0.2) is 36.4 Å². The molecule has 0 radical (unpaired) electrons. The lowest BCUT2D eigenvalue weighted by atomic mass is 10.1. The van der Waals surface area contributed by atoms with E-state index in [1.54, 1.807) is 24.3 Å².